The van der Waals surface area contributed by atoms with Crippen LogP contribution in [0.5, 0.6) is 0 Å². The Morgan fingerprint density at radius 2 is 1.89 bits per heavy atom. The third-order valence-corrected chi connectivity index (χ3v) is 0.668. The van der Waals surface area contributed by atoms with Crippen molar-refractivity contribution in [2.75, 3.05) is 0 Å². The van der Waals surface area contributed by atoms with Crippen molar-refractivity contribution in [2.45, 2.75) is 6.92 Å². The van der Waals surface area contributed by atoms with E-state index in [9.17, 15) is 13.2 Å². The summed E-state index contributed by atoms with van der Waals surface area (Å²) in [5.41, 5.74) is 0. The maximum absolute atomic E-state index is 9.70. The zero-order valence-electron chi connectivity index (χ0n) is 4.70. The Hall–Kier alpha value is 0.315. The number of carbonyl (C=O) groups is 1. The second kappa shape index (κ2) is 4.18. The molecule has 0 aromatic rings. The second-order valence-corrected chi connectivity index (χ2v) is 2.02. The Bertz CT molecular complexity index is 181. The summed E-state index contributed by atoms with van der Waals surface area (Å²) in [5, 5.41) is 0. The molecule has 0 spiro atoms. The quantitative estimate of drug-likeness (QED) is 0.507. The van der Waals surface area contributed by atoms with Gasteiger partial charge < -0.3 is 4.18 Å². The normalized spacial score (nSPS) is 9.56. The van der Waals surface area contributed by atoms with E-state index in [0.29, 0.717) is 0 Å². The third-order valence-electron chi connectivity index (χ3n) is 0.223. The van der Waals surface area contributed by atoms with Crippen molar-refractivity contribution in [1.29, 1.82) is 0 Å². The molecule has 0 bridgehead atoms. The smallest absolute Gasteiger partial charge is 0.325 e. The Balaban J connectivity index is 0. The summed E-state index contributed by atoms with van der Waals surface area (Å²) in [6, 6.07) is 0. The molecule has 0 saturated heterocycles. The van der Waals surface area contributed by atoms with Gasteiger partial charge in [-0.3, -0.25) is 9.35 Å². The summed E-state index contributed by atoms with van der Waals surface area (Å²) >= 11 is 0. The van der Waals surface area contributed by atoms with Crippen molar-refractivity contribution < 1.29 is 49.6 Å². The molecule has 0 radical (unpaired) electrons. The maximum atomic E-state index is 9.70. The van der Waals surface area contributed by atoms with E-state index in [4.69, 9.17) is 4.55 Å². The summed E-state index contributed by atoms with van der Waals surface area (Å²) in [4.78, 5) is 9.70. The van der Waals surface area contributed by atoms with Gasteiger partial charge in [-0.25, -0.2) is 0 Å². The fourth-order valence-corrected chi connectivity index (χ4v) is 0.445. The molecule has 9 heavy (non-hydrogen) atoms. The van der Waals surface area contributed by atoms with Crippen molar-refractivity contribution >= 4 is 16.4 Å². The summed E-state index contributed by atoms with van der Waals surface area (Å²) in [6.45, 7) is 0.869. The van der Waals surface area contributed by atoms with Gasteiger partial charge in [-0.2, -0.15) is 8.42 Å². The van der Waals surface area contributed by atoms with Gasteiger partial charge in [-0.1, -0.05) is 0 Å². The monoisotopic (exact) mass is 342 g/mol. The Morgan fingerprint density at radius 3 is 1.89 bits per heavy atom. The molecule has 0 atom stereocenters. The van der Waals surface area contributed by atoms with Crippen LogP contribution in [-0.4, -0.2) is 18.9 Å². The van der Waals surface area contributed by atoms with Crippen molar-refractivity contribution in [2.24, 2.45) is 0 Å². The van der Waals surface area contributed by atoms with Crippen molar-refractivity contribution in [1.82, 2.24) is 0 Å². The summed E-state index contributed by atoms with van der Waals surface area (Å²) in [7, 11) is -4.57. The zero-order valence-corrected chi connectivity index (χ0v) is 11.0. The van der Waals surface area contributed by atoms with Gasteiger partial charge in [-0.05, 0) is 0 Å². The minimum Gasteiger partial charge on any atom is -0.325 e. The third kappa shape index (κ3) is 11.7. The number of hydrogen-bond donors (Lipinski definition) is 1. The molecule has 0 aromatic heterocycles. The van der Waals surface area contributed by atoms with Crippen LogP contribution in [-0.2, 0) is 47.0 Å². The largest absolute Gasteiger partial charge is 0.448 e. The fraction of sp³-hybridized carbons (Fsp3) is 0.500. The predicted molar refractivity (Wildman–Crippen MR) is 23.3 cm³/mol. The molecule has 0 aliphatic rings. The van der Waals surface area contributed by atoms with Gasteiger partial charge in [0, 0.05) is 34.6 Å². The van der Waals surface area contributed by atoms with Crippen LogP contribution < -0.4 is 0 Å². The van der Waals surface area contributed by atoms with Crippen LogP contribution in [0, 0.1) is 0 Å². The van der Waals surface area contributed by atoms with E-state index in [1.807, 2.05) is 0 Å². The van der Waals surface area contributed by atoms with Gasteiger partial charge >= 0.3 is 16.4 Å². The van der Waals surface area contributed by atoms with Crippen LogP contribution in [0.4, 0.5) is 0 Å². The molecular formula is C2H4HgO5S. The second-order valence-electron chi connectivity index (χ2n) is 1.00. The SMILES string of the molecule is CC(=O)OS(=O)(=O)O.[Hg]. The maximum Gasteiger partial charge on any atom is 0.448 e. The number of carbonyl (C=O) groups excluding carboxylic acids is 1. The standard InChI is InChI=1S/C2H4O5S.Hg/c1-2(3)7-8(4,5)6;/h1H3,(H,4,5,6);. The van der Waals surface area contributed by atoms with E-state index >= 15 is 0 Å². The summed E-state index contributed by atoms with van der Waals surface area (Å²) < 4.78 is 30.2. The van der Waals surface area contributed by atoms with E-state index in [2.05, 4.69) is 4.18 Å². The molecule has 0 aliphatic carbocycles. The molecule has 0 amide bonds. The molecule has 0 fully saturated rings. The first-order valence-electron chi connectivity index (χ1n) is 1.59. The first-order valence-corrected chi connectivity index (χ1v) is 2.96. The van der Waals surface area contributed by atoms with Gasteiger partial charge in [0.15, 0.2) is 0 Å². The fourth-order valence-electron chi connectivity index (χ4n) is 0.148. The topological polar surface area (TPSA) is 80.7 Å². The van der Waals surface area contributed by atoms with Crippen LogP contribution in [0.25, 0.3) is 0 Å². The van der Waals surface area contributed by atoms with Crippen molar-refractivity contribution in [3.05, 3.63) is 0 Å². The summed E-state index contributed by atoms with van der Waals surface area (Å²) in [5.74, 6) is -1.06. The zero-order chi connectivity index (χ0) is 6.78. The van der Waals surface area contributed by atoms with Gasteiger partial charge in [0.2, 0.25) is 0 Å². The molecule has 0 unspecified atom stereocenters. The minimum absolute atomic E-state index is 0. The minimum atomic E-state index is -4.57. The van der Waals surface area contributed by atoms with E-state index in [1.165, 1.54) is 0 Å². The van der Waals surface area contributed by atoms with Crippen LogP contribution in [0.15, 0.2) is 0 Å². The average molecular weight is 341 g/mol. The molecule has 5 nitrogen and oxygen atoms in total. The van der Waals surface area contributed by atoms with E-state index < -0.39 is 16.4 Å². The first kappa shape index (κ1) is 12.0. The Labute approximate surface area is 72.8 Å². The van der Waals surface area contributed by atoms with Gasteiger partial charge in [0.05, 0.1) is 0 Å². The molecule has 1 N–H and O–H groups in total. The van der Waals surface area contributed by atoms with Crippen LogP contribution in [0.3, 0.4) is 0 Å². The van der Waals surface area contributed by atoms with Crippen LogP contribution in [0.1, 0.15) is 6.92 Å². The van der Waals surface area contributed by atoms with Crippen molar-refractivity contribution in [3.8, 4) is 0 Å². The van der Waals surface area contributed by atoms with Crippen LogP contribution in [0.2, 0.25) is 0 Å². The number of rotatable bonds is 1. The Morgan fingerprint density at radius 1 is 1.56 bits per heavy atom. The van der Waals surface area contributed by atoms with E-state index in [-0.39, 0.29) is 27.7 Å². The van der Waals surface area contributed by atoms with E-state index in [1.54, 1.807) is 0 Å². The van der Waals surface area contributed by atoms with Crippen molar-refractivity contribution in [3.63, 3.8) is 0 Å². The average Bonchev–Trinajstić information content (AvgIpc) is 1.21. The molecule has 50 valence electrons. The van der Waals surface area contributed by atoms with Crippen LogP contribution >= 0.6 is 0 Å². The van der Waals surface area contributed by atoms with E-state index in [0.717, 1.165) is 6.92 Å². The van der Waals surface area contributed by atoms with Gasteiger partial charge in [0.25, 0.3) is 0 Å². The first-order chi connectivity index (χ1) is 3.42. The molecule has 0 rings (SSSR count). The molecule has 7 heteroatoms. The molecule has 0 heterocycles. The number of hydrogen-bond acceptors (Lipinski definition) is 4. The predicted octanol–water partition coefficient (Wildman–Crippen LogP) is -0.650. The molecule has 0 saturated carbocycles. The molecular weight excluding hydrogens is 337 g/mol. The summed E-state index contributed by atoms with van der Waals surface area (Å²) in [6.07, 6.45) is 0. The van der Waals surface area contributed by atoms with Gasteiger partial charge in [0.1, 0.15) is 0 Å². The Kier molecular flexibility index (Phi) is 5.59. The molecule has 0 aromatic carbocycles. The van der Waals surface area contributed by atoms with Gasteiger partial charge in [-0.15, -0.1) is 0 Å². The molecule has 0 aliphatic heterocycles.